The van der Waals surface area contributed by atoms with Crippen molar-refractivity contribution in [3.63, 3.8) is 0 Å². The van der Waals surface area contributed by atoms with Gasteiger partial charge >= 0.3 is 0 Å². The summed E-state index contributed by atoms with van der Waals surface area (Å²) < 4.78 is 7.69. The molecular weight excluding hydrogens is 230 g/mol. The minimum absolute atomic E-state index is 0.319. The van der Waals surface area contributed by atoms with Gasteiger partial charge in [-0.25, -0.2) is 0 Å². The van der Waals surface area contributed by atoms with Crippen LogP contribution in [-0.2, 0) is 17.8 Å². The molecule has 5 heteroatoms. The Morgan fingerprint density at radius 3 is 2.94 bits per heavy atom. The number of hydrogen-bond donors (Lipinski definition) is 2. The Bertz CT molecular complexity index is 461. The molecule has 0 unspecified atom stereocenters. The van der Waals surface area contributed by atoms with Crippen LogP contribution in [0.4, 0.5) is 0 Å². The van der Waals surface area contributed by atoms with E-state index in [1.54, 1.807) is 0 Å². The number of nitrogens with two attached hydrogens (primary N) is 1. The van der Waals surface area contributed by atoms with Crippen LogP contribution in [0.15, 0.2) is 6.07 Å². The molecule has 5 nitrogen and oxygen atoms in total. The highest BCUT2D eigenvalue weighted by molar-refractivity contribution is 5.94. The standard InChI is InChI=1S/C13H19N3O2/c14-13(17)10-7-11(9-1-5-18-6-2-9)16-4-3-15-8-12(10)16/h7,9,15H,1-6,8H2,(H2,14,17). The highest BCUT2D eigenvalue weighted by Crippen LogP contribution is 2.31. The van der Waals surface area contributed by atoms with Crippen molar-refractivity contribution >= 4 is 5.91 Å². The number of hydrogen-bond acceptors (Lipinski definition) is 3. The van der Waals surface area contributed by atoms with Crippen LogP contribution in [0.5, 0.6) is 0 Å². The summed E-state index contributed by atoms with van der Waals surface area (Å²) in [7, 11) is 0. The quantitative estimate of drug-likeness (QED) is 0.805. The molecule has 0 spiro atoms. The summed E-state index contributed by atoms with van der Waals surface area (Å²) in [6, 6.07) is 2.00. The molecule has 3 rings (SSSR count). The molecule has 98 valence electrons. The second-order valence-electron chi connectivity index (χ2n) is 5.01. The Morgan fingerprint density at radius 2 is 2.22 bits per heavy atom. The molecule has 0 saturated carbocycles. The van der Waals surface area contributed by atoms with Crippen molar-refractivity contribution < 1.29 is 9.53 Å². The maximum absolute atomic E-state index is 11.5. The van der Waals surface area contributed by atoms with Crippen molar-refractivity contribution in [2.24, 2.45) is 5.73 Å². The molecule has 0 aliphatic carbocycles. The molecule has 2 aliphatic heterocycles. The Hall–Kier alpha value is -1.33. The van der Waals surface area contributed by atoms with E-state index in [9.17, 15) is 4.79 Å². The molecule has 1 aromatic rings. The molecule has 18 heavy (non-hydrogen) atoms. The van der Waals surface area contributed by atoms with E-state index >= 15 is 0 Å². The van der Waals surface area contributed by atoms with E-state index in [0.29, 0.717) is 11.5 Å². The first-order valence-electron chi connectivity index (χ1n) is 6.58. The number of fused-ring (bicyclic) bond motifs is 1. The number of aromatic nitrogens is 1. The molecule has 1 fully saturated rings. The van der Waals surface area contributed by atoms with Crippen molar-refractivity contribution in [2.45, 2.75) is 31.8 Å². The monoisotopic (exact) mass is 249 g/mol. The lowest BCUT2D eigenvalue weighted by molar-refractivity contribution is 0.0836. The van der Waals surface area contributed by atoms with Crippen LogP contribution in [-0.4, -0.2) is 30.2 Å². The predicted molar refractivity (Wildman–Crippen MR) is 67.5 cm³/mol. The second-order valence-corrected chi connectivity index (χ2v) is 5.01. The molecule has 0 atom stereocenters. The largest absolute Gasteiger partial charge is 0.381 e. The molecule has 1 saturated heterocycles. The number of ether oxygens (including phenoxy) is 1. The van der Waals surface area contributed by atoms with Gasteiger partial charge in [0.1, 0.15) is 0 Å². The van der Waals surface area contributed by atoms with Crippen LogP contribution in [0.25, 0.3) is 0 Å². The second kappa shape index (κ2) is 4.74. The number of amides is 1. The average molecular weight is 249 g/mol. The zero-order chi connectivity index (χ0) is 12.5. The van der Waals surface area contributed by atoms with Gasteiger partial charge in [-0.1, -0.05) is 0 Å². The molecule has 1 aromatic heterocycles. The van der Waals surface area contributed by atoms with Crippen molar-refractivity contribution in [3.8, 4) is 0 Å². The van der Waals surface area contributed by atoms with Gasteiger partial charge in [0.15, 0.2) is 0 Å². The maximum atomic E-state index is 11.5. The first-order valence-corrected chi connectivity index (χ1v) is 6.58. The Labute approximate surface area is 106 Å². The lowest BCUT2D eigenvalue weighted by Crippen LogP contribution is -2.31. The smallest absolute Gasteiger partial charge is 0.250 e. The number of carbonyl (C=O) groups excluding carboxylic acids is 1. The number of nitrogens with zero attached hydrogens (tertiary/aromatic N) is 1. The number of carbonyl (C=O) groups is 1. The van der Waals surface area contributed by atoms with Gasteiger partial charge in [0.25, 0.3) is 5.91 Å². The van der Waals surface area contributed by atoms with Crippen LogP contribution in [0, 0.1) is 0 Å². The SMILES string of the molecule is NC(=O)c1cc(C2CCOCC2)n2c1CNCC2. The normalized spacial score (nSPS) is 20.7. The van der Waals surface area contributed by atoms with Gasteiger partial charge < -0.3 is 20.4 Å². The Kier molecular flexibility index (Phi) is 3.09. The molecule has 0 radical (unpaired) electrons. The van der Waals surface area contributed by atoms with Gasteiger partial charge in [0.2, 0.25) is 0 Å². The zero-order valence-corrected chi connectivity index (χ0v) is 10.4. The van der Waals surface area contributed by atoms with E-state index in [0.717, 1.165) is 51.4 Å². The molecule has 3 heterocycles. The summed E-state index contributed by atoms with van der Waals surface area (Å²) in [5.41, 5.74) is 8.48. The van der Waals surface area contributed by atoms with E-state index in [1.807, 2.05) is 6.07 Å². The zero-order valence-electron chi connectivity index (χ0n) is 10.4. The molecule has 3 N–H and O–H groups in total. The van der Waals surface area contributed by atoms with Crippen molar-refractivity contribution in [1.82, 2.24) is 9.88 Å². The summed E-state index contributed by atoms with van der Waals surface area (Å²) >= 11 is 0. The van der Waals surface area contributed by atoms with E-state index < -0.39 is 0 Å². The molecule has 1 amide bonds. The van der Waals surface area contributed by atoms with Crippen molar-refractivity contribution in [3.05, 3.63) is 23.0 Å². The topological polar surface area (TPSA) is 69.3 Å². The van der Waals surface area contributed by atoms with E-state index in [1.165, 1.54) is 5.69 Å². The number of primary amides is 1. The third kappa shape index (κ3) is 1.93. The predicted octanol–water partition coefficient (Wildman–Crippen LogP) is 0.584. The fourth-order valence-electron chi connectivity index (χ4n) is 3.01. The minimum atomic E-state index is -0.319. The summed E-state index contributed by atoms with van der Waals surface area (Å²) in [5.74, 6) is 0.185. The summed E-state index contributed by atoms with van der Waals surface area (Å²) in [5, 5.41) is 3.30. The van der Waals surface area contributed by atoms with Gasteiger partial charge in [0, 0.05) is 50.2 Å². The number of nitrogens with one attached hydrogen (secondary N) is 1. The minimum Gasteiger partial charge on any atom is -0.381 e. The van der Waals surface area contributed by atoms with Crippen LogP contribution in [0.3, 0.4) is 0 Å². The van der Waals surface area contributed by atoms with Gasteiger partial charge in [0.05, 0.1) is 5.56 Å². The highest BCUT2D eigenvalue weighted by atomic mass is 16.5. The van der Waals surface area contributed by atoms with Crippen molar-refractivity contribution in [2.75, 3.05) is 19.8 Å². The summed E-state index contributed by atoms with van der Waals surface area (Å²) in [6.07, 6.45) is 2.07. The fraction of sp³-hybridized carbons (Fsp3) is 0.615. The lowest BCUT2D eigenvalue weighted by Gasteiger charge is -2.26. The van der Waals surface area contributed by atoms with Crippen LogP contribution >= 0.6 is 0 Å². The third-order valence-corrected chi connectivity index (χ3v) is 3.95. The van der Waals surface area contributed by atoms with Gasteiger partial charge in [-0.05, 0) is 18.9 Å². The fourth-order valence-corrected chi connectivity index (χ4v) is 3.01. The molecule has 0 bridgehead atoms. The van der Waals surface area contributed by atoms with E-state index in [4.69, 9.17) is 10.5 Å². The van der Waals surface area contributed by atoms with Crippen LogP contribution in [0.1, 0.15) is 40.5 Å². The van der Waals surface area contributed by atoms with Gasteiger partial charge in [-0.2, -0.15) is 0 Å². The van der Waals surface area contributed by atoms with Crippen LogP contribution in [0.2, 0.25) is 0 Å². The molecular formula is C13H19N3O2. The van der Waals surface area contributed by atoms with E-state index in [-0.39, 0.29) is 5.91 Å². The average Bonchev–Trinajstić information content (AvgIpc) is 2.79. The highest BCUT2D eigenvalue weighted by Gasteiger charge is 2.26. The molecule has 2 aliphatic rings. The molecule has 0 aromatic carbocycles. The number of rotatable bonds is 2. The van der Waals surface area contributed by atoms with Gasteiger partial charge in [-0.3, -0.25) is 4.79 Å². The van der Waals surface area contributed by atoms with Crippen molar-refractivity contribution in [1.29, 1.82) is 0 Å². The van der Waals surface area contributed by atoms with Gasteiger partial charge in [-0.15, -0.1) is 0 Å². The van der Waals surface area contributed by atoms with Crippen LogP contribution < -0.4 is 11.1 Å². The first kappa shape index (κ1) is 11.7. The summed E-state index contributed by atoms with van der Waals surface area (Å²) in [4.78, 5) is 11.5. The first-order chi connectivity index (χ1) is 8.77. The maximum Gasteiger partial charge on any atom is 0.250 e. The third-order valence-electron chi connectivity index (χ3n) is 3.95. The lowest BCUT2D eigenvalue weighted by atomic mass is 9.96. The Balaban J connectivity index is 2.00. The summed E-state index contributed by atoms with van der Waals surface area (Å²) in [6.45, 7) is 4.25. The Morgan fingerprint density at radius 1 is 1.44 bits per heavy atom. The van der Waals surface area contributed by atoms with E-state index in [2.05, 4.69) is 9.88 Å².